The fourth-order valence-electron chi connectivity index (χ4n) is 8.42. The van der Waals surface area contributed by atoms with Crippen LogP contribution < -0.4 is 0 Å². The average Bonchev–Trinajstić information content (AvgIpc) is 3.29. The van der Waals surface area contributed by atoms with Gasteiger partial charge in [0.2, 0.25) is 5.60 Å². The molecule has 0 spiro atoms. The van der Waals surface area contributed by atoms with Crippen molar-refractivity contribution in [2.45, 2.75) is 73.1 Å². The first-order chi connectivity index (χ1) is 21.4. The number of nitrogens with zero attached hydrogens (tertiary/aromatic N) is 1. The van der Waals surface area contributed by atoms with Gasteiger partial charge >= 0.3 is 11.9 Å². The van der Waals surface area contributed by atoms with Crippen LogP contribution in [0.2, 0.25) is 0 Å². The number of phenols is 1. The molecule has 234 valence electrons. The molecule has 0 bridgehead atoms. The van der Waals surface area contributed by atoms with Gasteiger partial charge < -0.3 is 19.7 Å². The van der Waals surface area contributed by atoms with Gasteiger partial charge in [-0.05, 0) is 87.1 Å². The smallest absolute Gasteiger partial charge is 0.352 e. The molecule has 2 saturated carbocycles. The maximum absolute atomic E-state index is 17.5. The molecule has 4 aliphatic carbocycles. The summed E-state index contributed by atoms with van der Waals surface area (Å²) in [6.07, 6.45) is 3.82. The summed E-state index contributed by atoms with van der Waals surface area (Å²) in [6.45, 7) is 2.90. The Labute approximate surface area is 264 Å². The summed E-state index contributed by atoms with van der Waals surface area (Å²) in [5.74, 6) is -2.85. The van der Waals surface area contributed by atoms with E-state index in [1.54, 1.807) is 68.5 Å². The number of ketones is 1. The highest BCUT2D eigenvalue weighted by Gasteiger charge is 2.76. The number of nitriles is 1. The second-order valence-corrected chi connectivity index (χ2v) is 14.0. The third kappa shape index (κ3) is 4.70. The first-order valence-electron chi connectivity index (χ1n) is 15.0. The average molecular weight is 632 g/mol. The second-order valence-electron chi connectivity index (χ2n) is 12.9. The Balaban J connectivity index is 1.32. The Kier molecular flexibility index (Phi) is 7.69. The predicted octanol–water partition coefficient (Wildman–Crippen LogP) is 5.88. The number of halogens is 1. The maximum Gasteiger partial charge on any atom is 0.352 e. The molecule has 0 amide bonds. The van der Waals surface area contributed by atoms with Gasteiger partial charge in [0.15, 0.2) is 18.1 Å². The van der Waals surface area contributed by atoms with Crippen LogP contribution in [0.5, 0.6) is 5.75 Å². The molecule has 7 atom stereocenters. The molecular weight excluding hydrogens is 597 g/mol. The molecule has 2 aromatic carbocycles. The van der Waals surface area contributed by atoms with Gasteiger partial charge in [0.05, 0.1) is 11.7 Å². The van der Waals surface area contributed by atoms with Gasteiger partial charge in [-0.3, -0.25) is 4.79 Å². The number of rotatable bonds is 6. The van der Waals surface area contributed by atoms with E-state index in [4.69, 9.17) is 14.7 Å². The Hall–Kier alpha value is -3.94. The zero-order valence-corrected chi connectivity index (χ0v) is 25.8. The molecule has 2 fully saturated rings. The maximum atomic E-state index is 17.5. The largest absolute Gasteiger partial charge is 0.508 e. The number of alkyl halides is 1. The lowest BCUT2D eigenvalue weighted by molar-refractivity contribution is -0.220. The summed E-state index contributed by atoms with van der Waals surface area (Å²) >= 11 is 1.39. The van der Waals surface area contributed by atoms with Crippen molar-refractivity contribution in [1.29, 1.82) is 5.26 Å². The molecule has 4 aliphatic rings. The van der Waals surface area contributed by atoms with Crippen LogP contribution in [0.15, 0.2) is 82.1 Å². The fraction of sp³-hybridized carbons (Fsp3) is 0.429. The number of phenolic OH excluding ortho intramolecular Hbond substituents is 1. The number of aliphatic hydroxyl groups is 1. The monoisotopic (exact) mass is 631 g/mol. The van der Waals surface area contributed by atoms with Crippen molar-refractivity contribution in [3.8, 4) is 11.8 Å². The molecule has 2 aromatic rings. The van der Waals surface area contributed by atoms with Crippen LogP contribution in [-0.4, -0.2) is 51.9 Å². The van der Waals surface area contributed by atoms with Gasteiger partial charge in [0, 0.05) is 33.0 Å². The highest BCUT2D eigenvalue weighted by atomic mass is 32.2. The molecule has 6 rings (SSSR count). The van der Waals surface area contributed by atoms with Crippen LogP contribution in [0.4, 0.5) is 4.39 Å². The van der Waals surface area contributed by atoms with Gasteiger partial charge in [0.25, 0.3) is 0 Å². The van der Waals surface area contributed by atoms with Crippen LogP contribution in [0.25, 0.3) is 0 Å². The minimum Gasteiger partial charge on any atom is -0.508 e. The Bertz CT molecular complexity index is 1670. The minimum atomic E-state index is -2.11. The Morgan fingerprint density at radius 1 is 1.13 bits per heavy atom. The van der Waals surface area contributed by atoms with E-state index < -0.39 is 58.6 Å². The standard InChI is InChI=1S/C35H34FNO7S/c1-32-14-12-24(39)18-22(32)8-11-28-27-13-15-34(31(42)43-17-16-37,33(27,2)20-29(40)35(28,32)36)44-30(41)21-6-9-25(10-7-21)45-26-5-3-4-23(38)19-26/h3-10,12,14,19,27-29,38,40H,11,13,15,17-18,20H2,1-2H3/t27-,28-,29-,32-,33-,34-,35-/m0/s1. The minimum absolute atomic E-state index is 0.0382. The van der Waals surface area contributed by atoms with Crippen molar-refractivity contribution in [2.75, 3.05) is 6.61 Å². The number of allylic oxidation sites excluding steroid dienone is 4. The molecule has 0 heterocycles. The van der Waals surface area contributed by atoms with E-state index in [1.165, 1.54) is 17.8 Å². The molecule has 10 heteroatoms. The molecule has 2 N–H and O–H groups in total. The molecule has 8 nitrogen and oxygen atoms in total. The molecule has 0 radical (unpaired) electrons. The van der Waals surface area contributed by atoms with Crippen molar-refractivity contribution in [3.05, 3.63) is 77.9 Å². The highest BCUT2D eigenvalue weighted by molar-refractivity contribution is 7.99. The Morgan fingerprint density at radius 3 is 2.60 bits per heavy atom. The van der Waals surface area contributed by atoms with Gasteiger partial charge in [-0.2, -0.15) is 5.26 Å². The van der Waals surface area contributed by atoms with E-state index in [1.807, 2.05) is 12.1 Å². The Morgan fingerprint density at radius 2 is 1.89 bits per heavy atom. The van der Waals surface area contributed by atoms with Gasteiger partial charge in [-0.1, -0.05) is 42.5 Å². The number of fused-ring (bicyclic) bond motifs is 5. The number of hydrogen-bond acceptors (Lipinski definition) is 9. The lowest BCUT2D eigenvalue weighted by atomic mass is 9.45. The summed E-state index contributed by atoms with van der Waals surface area (Å²) in [5, 5.41) is 30.6. The van der Waals surface area contributed by atoms with Crippen molar-refractivity contribution in [1.82, 2.24) is 0 Å². The fourth-order valence-corrected chi connectivity index (χ4v) is 9.29. The topological polar surface area (TPSA) is 134 Å². The quantitative estimate of drug-likeness (QED) is 0.296. The van der Waals surface area contributed by atoms with Crippen molar-refractivity contribution in [3.63, 3.8) is 0 Å². The summed E-state index contributed by atoms with van der Waals surface area (Å²) in [4.78, 5) is 41.3. The van der Waals surface area contributed by atoms with E-state index in [9.17, 15) is 24.6 Å². The number of aromatic hydroxyl groups is 1. The third-order valence-corrected chi connectivity index (χ3v) is 11.7. The SMILES string of the molecule is C[C@]12C=CC(=O)CC1=CC[C@H]1[C@@H]3CC[C@](OC(=O)c4ccc(Sc5cccc(O)c5)cc4)(C(=O)OCC#N)[C@@]3(C)C[C@H](O)[C@@]12F. The number of carbonyl (C=O) groups excluding carboxylic acids is 3. The van der Waals surface area contributed by atoms with Crippen LogP contribution in [-0.2, 0) is 19.1 Å². The van der Waals surface area contributed by atoms with Crippen molar-refractivity contribution >= 4 is 29.5 Å². The number of esters is 2. The molecular formula is C35H34FNO7S. The number of ether oxygens (including phenoxy) is 2. The third-order valence-electron chi connectivity index (χ3n) is 10.7. The van der Waals surface area contributed by atoms with Crippen LogP contribution in [0, 0.1) is 34.0 Å². The predicted molar refractivity (Wildman–Crippen MR) is 162 cm³/mol. The van der Waals surface area contributed by atoms with Crippen molar-refractivity contribution < 1.29 is 38.5 Å². The van der Waals surface area contributed by atoms with Crippen LogP contribution in [0.1, 0.15) is 56.3 Å². The number of hydrogen-bond donors (Lipinski definition) is 2. The first kappa shape index (κ1) is 31.1. The zero-order chi connectivity index (χ0) is 32.2. The summed E-state index contributed by atoms with van der Waals surface area (Å²) in [7, 11) is 0. The molecule has 0 aliphatic heterocycles. The highest BCUT2D eigenvalue weighted by Crippen LogP contribution is 2.70. The number of carbonyl (C=O) groups is 3. The van der Waals surface area contributed by atoms with Gasteiger partial charge in [-0.25, -0.2) is 14.0 Å². The summed E-state index contributed by atoms with van der Waals surface area (Å²) in [5.41, 5.74) is -5.57. The van der Waals surface area contributed by atoms with E-state index in [0.29, 0.717) is 12.0 Å². The first-order valence-corrected chi connectivity index (χ1v) is 15.8. The van der Waals surface area contributed by atoms with E-state index in [0.717, 1.165) is 9.79 Å². The second kappa shape index (κ2) is 11.1. The number of aliphatic hydroxyl groups excluding tert-OH is 1. The van der Waals surface area contributed by atoms with Crippen molar-refractivity contribution in [2.24, 2.45) is 22.7 Å². The van der Waals surface area contributed by atoms with E-state index >= 15 is 4.39 Å². The molecule has 0 aromatic heterocycles. The molecule has 0 saturated heterocycles. The van der Waals surface area contributed by atoms with Crippen LogP contribution >= 0.6 is 11.8 Å². The van der Waals surface area contributed by atoms with E-state index in [-0.39, 0.29) is 42.8 Å². The normalized spacial score (nSPS) is 34.9. The number of benzene rings is 2. The summed E-state index contributed by atoms with van der Waals surface area (Å²) < 4.78 is 29.0. The summed E-state index contributed by atoms with van der Waals surface area (Å²) in [6, 6.07) is 15.2. The van der Waals surface area contributed by atoms with Crippen LogP contribution in [0.3, 0.4) is 0 Å². The molecule has 0 unspecified atom stereocenters. The lowest BCUT2D eigenvalue weighted by Crippen LogP contribution is -2.69. The lowest BCUT2D eigenvalue weighted by Gasteiger charge is -2.61. The molecule has 45 heavy (non-hydrogen) atoms. The van der Waals surface area contributed by atoms with E-state index in [2.05, 4.69) is 0 Å². The van der Waals surface area contributed by atoms with Gasteiger partial charge in [-0.15, -0.1) is 0 Å². The zero-order valence-electron chi connectivity index (χ0n) is 25.0. The van der Waals surface area contributed by atoms with Gasteiger partial charge in [0.1, 0.15) is 11.8 Å².